The molecule has 102 valence electrons. The van der Waals surface area contributed by atoms with Gasteiger partial charge in [-0.15, -0.1) is 0 Å². The highest BCUT2D eigenvalue weighted by atomic mass is 16.6. The summed E-state index contributed by atoms with van der Waals surface area (Å²) in [6.45, 7) is 1.92. The van der Waals surface area contributed by atoms with Crippen LogP contribution in [-0.4, -0.2) is 12.0 Å². The third-order valence-electron chi connectivity index (χ3n) is 2.72. The highest BCUT2D eigenvalue weighted by Gasteiger charge is 2.03. The van der Waals surface area contributed by atoms with Crippen LogP contribution in [0.25, 0.3) is 0 Å². The molecule has 6 nitrogen and oxygen atoms in total. The van der Waals surface area contributed by atoms with Crippen LogP contribution in [0.4, 0.5) is 17.1 Å². The van der Waals surface area contributed by atoms with Crippen LogP contribution in [0.5, 0.6) is 5.75 Å². The largest absolute Gasteiger partial charge is 0.496 e. The quantitative estimate of drug-likeness (QED) is 0.471. The predicted molar refractivity (Wildman–Crippen MR) is 75.0 cm³/mol. The molecule has 6 heteroatoms. The SMILES string of the molecule is COc1ccc(/N=N/c2ccc([N+](=O)[O-])cc2)cc1C. The van der Waals surface area contributed by atoms with Crippen LogP contribution in [0.1, 0.15) is 5.56 Å². The molecule has 2 aromatic carbocycles. The lowest BCUT2D eigenvalue weighted by Gasteiger charge is -2.03. The van der Waals surface area contributed by atoms with E-state index in [1.807, 2.05) is 19.1 Å². The summed E-state index contributed by atoms with van der Waals surface area (Å²) in [7, 11) is 1.61. The zero-order valence-electron chi connectivity index (χ0n) is 11.1. The molecule has 0 radical (unpaired) electrons. The van der Waals surface area contributed by atoms with Crippen molar-refractivity contribution >= 4 is 17.1 Å². The summed E-state index contributed by atoms with van der Waals surface area (Å²) in [6.07, 6.45) is 0. The van der Waals surface area contributed by atoms with Crippen molar-refractivity contribution in [3.05, 3.63) is 58.1 Å². The molecule has 0 saturated carbocycles. The second kappa shape index (κ2) is 5.92. The summed E-state index contributed by atoms with van der Waals surface area (Å²) in [4.78, 5) is 10.1. The van der Waals surface area contributed by atoms with Gasteiger partial charge in [-0.25, -0.2) is 0 Å². The Balaban J connectivity index is 2.16. The van der Waals surface area contributed by atoms with Crippen molar-refractivity contribution < 1.29 is 9.66 Å². The van der Waals surface area contributed by atoms with Gasteiger partial charge in [-0.1, -0.05) is 0 Å². The zero-order valence-corrected chi connectivity index (χ0v) is 11.1. The maximum Gasteiger partial charge on any atom is 0.269 e. The fourth-order valence-electron chi connectivity index (χ4n) is 1.68. The molecule has 0 saturated heterocycles. The van der Waals surface area contributed by atoms with Crippen LogP contribution in [0, 0.1) is 17.0 Å². The summed E-state index contributed by atoms with van der Waals surface area (Å²) in [5, 5.41) is 18.7. The lowest BCUT2D eigenvalue weighted by atomic mass is 10.2. The Morgan fingerprint density at radius 1 is 1.05 bits per heavy atom. The third kappa shape index (κ3) is 3.17. The predicted octanol–water partition coefficient (Wildman–Crippen LogP) is 4.33. The molecule has 0 aromatic heterocycles. The van der Waals surface area contributed by atoms with Crippen LogP contribution in [-0.2, 0) is 0 Å². The average molecular weight is 271 g/mol. The number of nitrogens with zero attached hydrogens (tertiary/aromatic N) is 3. The van der Waals surface area contributed by atoms with Crippen LogP contribution >= 0.6 is 0 Å². The van der Waals surface area contributed by atoms with Crippen molar-refractivity contribution in [2.24, 2.45) is 10.2 Å². The molecule has 2 rings (SSSR count). The van der Waals surface area contributed by atoms with E-state index in [9.17, 15) is 10.1 Å². The first-order valence-corrected chi connectivity index (χ1v) is 5.91. The van der Waals surface area contributed by atoms with Crippen molar-refractivity contribution in [1.82, 2.24) is 0 Å². The highest BCUT2D eigenvalue weighted by Crippen LogP contribution is 2.25. The van der Waals surface area contributed by atoms with Crippen molar-refractivity contribution in [2.45, 2.75) is 6.92 Å². The summed E-state index contributed by atoms with van der Waals surface area (Å²) < 4.78 is 5.16. The summed E-state index contributed by atoms with van der Waals surface area (Å²) in [5.41, 5.74) is 2.25. The van der Waals surface area contributed by atoms with Crippen molar-refractivity contribution in [2.75, 3.05) is 7.11 Å². The van der Waals surface area contributed by atoms with Gasteiger partial charge >= 0.3 is 0 Å². The third-order valence-corrected chi connectivity index (χ3v) is 2.72. The Hall–Kier alpha value is -2.76. The summed E-state index contributed by atoms with van der Waals surface area (Å²) in [5.74, 6) is 0.791. The molecule has 0 atom stereocenters. The van der Waals surface area contributed by atoms with E-state index in [2.05, 4.69) is 10.2 Å². The van der Waals surface area contributed by atoms with Crippen LogP contribution in [0.2, 0.25) is 0 Å². The van der Waals surface area contributed by atoms with Crippen molar-refractivity contribution in [3.8, 4) is 5.75 Å². The normalized spacial score (nSPS) is 10.7. The number of methoxy groups -OCH3 is 1. The van der Waals surface area contributed by atoms with Gasteiger partial charge in [0.15, 0.2) is 0 Å². The van der Waals surface area contributed by atoms with Crippen LogP contribution < -0.4 is 4.74 Å². The number of rotatable bonds is 4. The Kier molecular flexibility index (Phi) is 4.05. The number of ether oxygens (including phenoxy) is 1. The summed E-state index contributed by atoms with van der Waals surface area (Å²) >= 11 is 0. The maximum absolute atomic E-state index is 10.5. The fourth-order valence-corrected chi connectivity index (χ4v) is 1.68. The van der Waals surface area contributed by atoms with Gasteiger partial charge in [0, 0.05) is 12.1 Å². The minimum Gasteiger partial charge on any atom is -0.496 e. The first kappa shape index (κ1) is 13.7. The average Bonchev–Trinajstić information content (AvgIpc) is 2.45. The molecular weight excluding hydrogens is 258 g/mol. The fraction of sp³-hybridized carbons (Fsp3) is 0.143. The van der Waals surface area contributed by atoms with Crippen LogP contribution in [0.15, 0.2) is 52.7 Å². The minimum absolute atomic E-state index is 0.0317. The second-order valence-corrected chi connectivity index (χ2v) is 4.13. The minimum atomic E-state index is -0.451. The molecule has 2 aromatic rings. The van der Waals surface area contributed by atoms with Crippen molar-refractivity contribution in [3.63, 3.8) is 0 Å². The number of azo groups is 1. The Bertz CT molecular complexity index is 651. The van der Waals surface area contributed by atoms with Gasteiger partial charge in [0.1, 0.15) is 5.75 Å². The van der Waals surface area contributed by atoms with E-state index in [-0.39, 0.29) is 5.69 Å². The van der Waals surface area contributed by atoms with Gasteiger partial charge in [0.25, 0.3) is 5.69 Å². The standard InChI is InChI=1S/C14H13N3O3/c1-10-9-12(5-8-14(10)20-2)16-15-11-3-6-13(7-4-11)17(18)19/h3-9H,1-2H3/b16-15+. The van der Waals surface area contributed by atoms with Gasteiger partial charge in [0.05, 0.1) is 23.4 Å². The number of aryl methyl sites for hydroxylation is 1. The zero-order chi connectivity index (χ0) is 14.5. The molecule has 0 fully saturated rings. The molecular formula is C14H13N3O3. The molecule has 0 spiro atoms. The van der Waals surface area contributed by atoms with E-state index in [1.54, 1.807) is 25.3 Å². The van der Waals surface area contributed by atoms with E-state index in [0.29, 0.717) is 11.4 Å². The molecule has 0 aliphatic heterocycles. The Labute approximate surface area is 115 Å². The van der Waals surface area contributed by atoms with E-state index in [0.717, 1.165) is 11.3 Å². The molecule has 0 N–H and O–H groups in total. The number of hydrogen-bond donors (Lipinski definition) is 0. The maximum atomic E-state index is 10.5. The second-order valence-electron chi connectivity index (χ2n) is 4.13. The van der Waals surface area contributed by atoms with Gasteiger partial charge in [-0.05, 0) is 42.8 Å². The molecule has 0 unspecified atom stereocenters. The lowest BCUT2D eigenvalue weighted by molar-refractivity contribution is -0.384. The number of benzene rings is 2. The Morgan fingerprint density at radius 2 is 1.65 bits per heavy atom. The monoisotopic (exact) mass is 271 g/mol. The number of nitro benzene ring substituents is 1. The topological polar surface area (TPSA) is 77.1 Å². The smallest absolute Gasteiger partial charge is 0.269 e. The Morgan fingerprint density at radius 3 is 2.20 bits per heavy atom. The van der Waals surface area contributed by atoms with E-state index in [4.69, 9.17) is 4.74 Å². The van der Waals surface area contributed by atoms with E-state index >= 15 is 0 Å². The van der Waals surface area contributed by atoms with Crippen LogP contribution in [0.3, 0.4) is 0 Å². The van der Waals surface area contributed by atoms with E-state index in [1.165, 1.54) is 12.1 Å². The summed E-state index contributed by atoms with van der Waals surface area (Å²) in [6, 6.07) is 11.4. The molecule has 0 aliphatic carbocycles. The number of non-ortho nitro benzene ring substituents is 1. The molecule has 0 amide bonds. The van der Waals surface area contributed by atoms with Gasteiger partial charge in [-0.3, -0.25) is 10.1 Å². The molecule has 0 bridgehead atoms. The van der Waals surface area contributed by atoms with E-state index < -0.39 is 4.92 Å². The van der Waals surface area contributed by atoms with Gasteiger partial charge < -0.3 is 4.74 Å². The van der Waals surface area contributed by atoms with Gasteiger partial charge in [0.2, 0.25) is 0 Å². The first-order valence-electron chi connectivity index (χ1n) is 5.91. The molecule has 20 heavy (non-hydrogen) atoms. The van der Waals surface area contributed by atoms with Gasteiger partial charge in [-0.2, -0.15) is 10.2 Å². The van der Waals surface area contributed by atoms with Crippen molar-refractivity contribution in [1.29, 1.82) is 0 Å². The number of hydrogen-bond acceptors (Lipinski definition) is 5. The molecule has 0 aliphatic rings. The lowest BCUT2D eigenvalue weighted by Crippen LogP contribution is -1.85. The number of nitro groups is 1. The highest BCUT2D eigenvalue weighted by molar-refractivity contribution is 5.48. The first-order chi connectivity index (χ1) is 9.60. The molecule has 0 heterocycles.